The summed E-state index contributed by atoms with van der Waals surface area (Å²) in [5, 5.41) is 0. The first kappa shape index (κ1) is 17.8. The van der Waals surface area contributed by atoms with Crippen molar-refractivity contribution in [2.24, 2.45) is 7.05 Å². The second-order valence-corrected chi connectivity index (χ2v) is 5.86. The SMILES string of the molecule is CCN(C(=O)c1ccc(=O)n(C)c1)[C@H](C)Cc1ccc(OC)cc1. The molecule has 1 aromatic carbocycles. The van der Waals surface area contributed by atoms with Gasteiger partial charge in [-0.1, -0.05) is 12.1 Å². The molecule has 0 saturated heterocycles. The molecule has 0 N–H and O–H groups in total. The van der Waals surface area contributed by atoms with Crippen LogP contribution in [0.5, 0.6) is 5.75 Å². The topological polar surface area (TPSA) is 51.5 Å². The first-order chi connectivity index (χ1) is 11.5. The van der Waals surface area contributed by atoms with Crippen molar-refractivity contribution in [2.45, 2.75) is 26.3 Å². The van der Waals surface area contributed by atoms with E-state index in [1.165, 1.54) is 10.6 Å². The first-order valence-corrected chi connectivity index (χ1v) is 8.06. The Labute approximate surface area is 142 Å². The molecule has 128 valence electrons. The summed E-state index contributed by atoms with van der Waals surface area (Å²) < 4.78 is 6.59. The van der Waals surface area contributed by atoms with Crippen molar-refractivity contribution in [2.75, 3.05) is 13.7 Å². The second-order valence-electron chi connectivity index (χ2n) is 5.86. The predicted octanol–water partition coefficient (Wildman–Crippen LogP) is 2.49. The maximum Gasteiger partial charge on any atom is 0.255 e. The minimum atomic E-state index is -0.124. The molecule has 1 aromatic heterocycles. The Morgan fingerprint density at radius 3 is 2.42 bits per heavy atom. The Hall–Kier alpha value is -2.56. The summed E-state index contributed by atoms with van der Waals surface area (Å²) >= 11 is 0. The zero-order valence-electron chi connectivity index (χ0n) is 14.7. The summed E-state index contributed by atoms with van der Waals surface area (Å²) in [6.45, 7) is 4.61. The zero-order chi connectivity index (χ0) is 17.7. The number of rotatable bonds is 6. The highest BCUT2D eigenvalue weighted by Gasteiger charge is 2.20. The molecular formula is C19H24N2O3. The van der Waals surface area contributed by atoms with Crippen LogP contribution in [0.25, 0.3) is 0 Å². The van der Waals surface area contributed by atoms with Crippen LogP contribution in [-0.4, -0.2) is 35.1 Å². The fraction of sp³-hybridized carbons (Fsp3) is 0.368. The van der Waals surface area contributed by atoms with Crippen LogP contribution in [0.15, 0.2) is 47.4 Å². The molecular weight excluding hydrogens is 304 g/mol. The normalized spacial score (nSPS) is 11.8. The maximum absolute atomic E-state index is 12.8. The predicted molar refractivity (Wildman–Crippen MR) is 94.6 cm³/mol. The monoisotopic (exact) mass is 328 g/mol. The van der Waals surface area contributed by atoms with Crippen molar-refractivity contribution >= 4 is 5.91 Å². The lowest BCUT2D eigenvalue weighted by Gasteiger charge is -2.28. The Morgan fingerprint density at radius 2 is 1.88 bits per heavy atom. The average molecular weight is 328 g/mol. The number of aromatic nitrogens is 1. The molecule has 1 heterocycles. The van der Waals surface area contributed by atoms with Crippen LogP contribution in [0.3, 0.4) is 0 Å². The molecule has 1 atom stereocenters. The van der Waals surface area contributed by atoms with E-state index in [1.54, 1.807) is 26.4 Å². The molecule has 1 amide bonds. The maximum atomic E-state index is 12.8. The van der Waals surface area contributed by atoms with E-state index >= 15 is 0 Å². The molecule has 0 saturated carbocycles. The van der Waals surface area contributed by atoms with Crippen LogP contribution in [-0.2, 0) is 13.5 Å². The van der Waals surface area contributed by atoms with Gasteiger partial charge >= 0.3 is 0 Å². The third kappa shape index (κ3) is 4.04. The molecule has 0 bridgehead atoms. The van der Waals surface area contributed by atoms with Crippen molar-refractivity contribution in [3.8, 4) is 5.75 Å². The summed E-state index contributed by atoms with van der Waals surface area (Å²) in [7, 11) is 3.29. The molecule has 0 spiro atoms. The van der Waals surface area contributed by atoms with Crippen molar-refractivity contribution < 1.29 is 9.53 Å². The van der Waals surface area contributed by atoms with E-state index < -0.39 is 0 Å². The average Bonchev–Trinajstić information content (AvgIpc) is 2.58. The molecule has 5 nitrogen and oxygen atoms in total. The largest absolute Gasteiger partial charge is 0.497 e. The number of nitrogens with zero attached hydrogens (tertiary/aromatic N) is 2. The number of aryl methyl sites for hydroxylation is 1. The van der Waals surface area contributed by atoms with Crippen LogP contribution in [0.2, 0.25) is 0 Å². The van der Waals surface area contributed by atoms with Gasteiger partial charge in [0.1, 0.15) is 5.75 Å². The van der Waals surface area contributed by atoms with E-state index in [0.717, 1.165) is 17.7 Å². The van der Waals surface area contributed by atoms with Gasteiger partial charge < -0.3 is 14.2 Å². The lowest BCUT2D eigenvalue weighted by Crippen LogP contribution is -2.40. The summed E-state index contributed by atoms with van der Waals surface area (Å²) in [5.74, 6) is 0.758. The smallest absolute Gasteiger partial charge is 0.255 e. The number of hydrogen-bond donors (Lipinski definition) is 0. The standard InChI is InChI=1S/C19H24N2O3/c1-5-21(19(23)16-8-11-18(22)20(3)13-16)14(2)12-15-6-9-17(24-4)10-7-15/h6-11,13-14H,5,12H2,1-4H3/t14-/m1/s1. The minimum absolute atomic E-state index is 0.0492. The summed E-state index contributed by atoms with van der Waals surface area (Å²) in [5.41, 5.74) is 1.55. The van der Waals surface area contributed by atoms with Crippen molar-refractivity contribution in [1.82, 2.24) is 9.47 Å². The number of ether oxygens (including phenoxy) is 1. The minimum Gasteiger partial charge on any atom is -0.497 e. The lowest BCUT2D eigenvalue weighted by molar-refractivity contribution is 0.0702. The third-order valence-corrected chi connectivity index (χ3v) is 4.16. The number of carbonyl (C=O) groups excluding carboxylic acids is 1. The second kappa shape index (κ2) is 7.81. The van der Waals surface area contributed by atoms with Crippen LogP contribution >= 0.6 is 0 Å². The Kier molecular flexibility index (Phi) is 5.79. The summed E-state index contributed by atoms with van der Waals surface area (Å²) in [4.78, 5) is 26.1. The van der Waals surface area contributed by atoms with E-state index in [1.807, 2.05) is 43.0 Å². The highest BCUT2D eigenvalue weighted by Crippen LogP contribution is 2.16. The van der Waals surface area contributed by atoms with Gasteiger partial charge in [-0.15, -0.1) is 0 Å². The quantitative estimate of drug-likeness (QED) is 0.818. The van der Waals surface area contributed by atoms with Gasteiger partial charge in [0.05, 0.1) is 12.7 Å². The Balaban J connectivity index is 2.14. The van der Waals surface area contributed by atoms with Gasteiger partial charge in [-0.05, 0) is 44.0 Å². The van der Waals surface area contributed by atoms with E-state index in [9.17, 15) is 9.59 Å². The van der Waals surface area contributed by atoms with Crippen molar-refractivity contribution in [3.05, 3.63) is 64.1 Å². The van der Waals surface area contributed by atoms with Crippen LogP contribution in [0, 0.1) is 0 Å². The molecule has 0 radical (unpaired) electrons. The zero-order valence-corrected chi connectivity index (χ0v) is 14.7. The molecule has 24 heavy (non-hydrogen) atoms. The third-order valence-electron chi connectivity index (χ3n) is 4.16. The number of carbonyl (C=O) groups is 1. The van der Waals surface area contributed by atoms with Crippen molar-refractivity contribution in [3.63, 3.8) is 0 Å². The molecule has 0 aliphatic heterocycles. The first-order valence-electron chi connectivity index (χ1n) is 8.06. The fourth-order valence-corrected chi connectivity index (χ4v) is 2.75. The van der Waals surface area contributed by atoms with Gasteiger partial charge in [-0.25, -0.2) is 0 Å². The lowest BCUT2D eigenvalue weighted by atomic mass is 10.0. The van der Waals surface area contributed by atoms with Gasteiger partial charge in [0.15, 0.2) is 0 Å². The Morgan fingerprint density at radius 1 is 1.21 bits per heavy atom. The number of methoxy groups -OCH3 is 1. The van der Waals surface area contributed by atoms with Gasteiger partial charge in [0.25, 0.3) is 5.91 Å². The molecule has 0 aliphatic rings. The van der Waals surface area contributed by atoms with E-state index in [-0.39, 0.29) is 17.5 Å². The van der Waals surface area contributed by atoms with Gasteiger partial charge in [-0.2, -0.15) is 0 Å². The number of hydrogen-bond acceptors (Lipinski definition) is 3. The molecule has 0 aliphatic carbocycles. The van der Waals surface area contributed by atoms with E-state index in [0.29, 0.717) is 12.1 Å². The van der Waals surface area contributed by atoms with Crippen LogP contribution < -0.4 is 10.3 Å². The highest BCUT2D eigenvalue weighted by molar-refractivity contribution is 5.94. The van der Waals surface area contributed by atoms with Gasteiger partial charge in [0, 0.05) is 31.9 Å². The Bertz CT molecular complexity index is 750. The number of amides is 1. The van der Waals surface area contributed by atoms with Gasteiger partial charge in [0.2, 0.25) is 5.56 Å². The molecule has 2 rings (SSSR count). The fourth-order valence-electron chi connectivity index (χ4n) is 2.75. The molecule has 2 aromatic rings. The molecule has 0 fully saturated rings. The van der Waals surface area contributed by atoms with Crippen LogP contribution in [0.4, 0.5) is 0 Å². The highest BCUT2D eigenvalue weighted by atomic mass is 16.5. The van der Waals surface area contributed by atoms with E-state index in [2.05, 4.69) is 0 Å². The number of likely N-dealkylation sites (N-methyl/N-ethyl adjacent to an activating group) is 1. The number of pyridine rings is 1. The number of benzene rings is 1. The summed E-state index contributed by atoms with van der Waals surface area (Å²) in [6.07, 6.45) is 2.35. The van der Waals surface area contributed by atoms with Crippen LogP contribution in [0.1, 0.15) is 29.8 Å². The van der Waals surface area contributed by atoms with Gasteiger partial charge in [-0.3, -0.25) is 9.59 Å². The summed E-state index contributed by atoms with van der Waals surface area (Å²) in [6, 6.07) is 10.9. The molecule has 0 unspecified atom stereocenters. The van der Waals surface area contributed by atoms with Crippen molar-refractivity contribution in [1.29, 1.82) is 0 Å². The molecule has 5 heteroatoms. The van der Waals surface area contributed by atoms with E-state index in [4.69, 9.17) is 4.74 Å².